The van der Waals surface area contributed by atoms with Crippen LogP contribution in [-0.4, -0.2) is 55.2 Å². The number of nitrogens with zero attached hydrogens (tertiary/aromatic N) is 2. The number of likely N-dealkylation sites (N-methyl/N-ethyl adjacent to an activating group) is 1. The molecule has 0 bridgehead atoms. The number of aromatic nitrogens is 1. The van der Waals surface area contributed by atoms with E-state index in [2.05, 4.69) is 29.2 Å². The first-order valence-electron chi connectivity index (χ1n) is 10.8. The molecule has 0 spiro atoms. The number of rotatable bonds is 10. The molecule has 3 rings (SSSR count). The first-order valence-corrected chi connectivity index (χ1v) is 11.6. The van der Waals surface area contributed by atoms with Crippen LogP contribution >= 0.6 is 11.3 Å². The molecule has 30 heavy (non-hydrogen) atoms. The van der Waals surface area contributed by atoms with Gasteiger partial charge in [-0.15, -0.1) is 11.3 Å². The molecule has 1 aromatic heterocycles. The Kier molecular flexibility index (Phi) is 8.66. The van der Waals surface area contributed by atoms with Gasteiger partial charge in [0.15, 0.2) is 0 Å². The van der Waals surface area contributed by atoms with E-state index in [-0.39, 0.29) is 5.91 Å². The van der Waals surface area contributed by atoms with Crippen molar-refractivity contribution >= 4 is 17.2 Å². The van der Waals surface area contributed by atoms with Gasteiger partial charge in [-0.1, -0.05) is 19.1 Å². The maximum absolute atomic E-state index is 12.6. The lowest BCUT2D eigenvalue weighted by atomic mass is 10.1. The molecular weight excluding hydrogens is 398 g/mol. The fourth-order valence-corrected chi connectivity index (χ4v) is 4.69. The molecular formula is C23H33N3O3S. The summed E-state index contributed by atoms with van der Waals surface area (Å²) >= 11 is 1.50. The Labute approximate surface area is 183 Å². The van der Waals surface area contributed by atoms with Crippen LogP contribution in [0.25, 0.3) is 0 Å². The summed E-state index contributed by atoms with van der Waals surface area (Å²) in [5.41, 5.74) is 1.83. The minimum atomic E-state index is -0.0586. The first kappa shape index (κ1) is 22.7. The van der Waals surface area contributed by atoms with E-state index in [1.54, 1.807) is 0 Å². The number of thiazole rings is 1. The Hall–Kier alpha value is -1.96. The van der Waals surface area contributed by atoms with Crippen LogP contribution in [0.2, 0.25) is 0 Å². The molecule has 2 heterocycles. The molecule has 1 aliphatic rings. The van der Waals surface area contributed by atoms with Gasteiger partial charge in [0.1, 0.15) is 17.2 Å². The van der Waals surface area contributed by atoms with Crippen molar-refractivity contribution in [2.75, 3.05) is 33.4 Å². The van der Waals surface area contributed by atoms with Gasteiger partial charge in [-0.05, 0) is 57.4 Å². The normalized spacial score (nSPS) is 14.8. The maximum atomic E-state index is 12.6. The van der Waals surface area contributed by atoms with Gasteiger partial charge in [0.2, 0.25) is 0 Å². The maximum Gasteiger partial charge on any atom is 0.263 e. The van der Waals surface area contributed by atoms with Crippen molar-refractivity contribution in [1.82, 2.24) is 15.2 Å². The number of amides is 1. The zero-order valence-corrected chi connectivity index (χ0v) is 19.1. The van der Waals surface area contributed by atoms with Crippen LogP contribution in [0, 0.1) is 6.92 Å². The lowest BCUT2D eigenvalue weighted by Gasteiger charge is -2.31. The molecule has 7 heteroatoms. The zero-order chi connectivity index (χ0) is 21.3. The number of aryl methyl sites for hydroxylation is 2. The van der Waals surface area contributed by atoms with Crippen LogP contribution in [-0.2, 0) is 17.7 Å². The van der Waals surface area contributed by atoms with Gasteiger partial charge >= 0.3 is 0 Å². The average molecular weight is 432 g/mol. The Morgan fingerprint density at radius 2 is 2.17 bits per heavy atom. The van der Waals surface area contributed by atoms with Gasteiger partial charge in [-0.25, -0.2) is 4.98 Å². The van der Waals surface area contributed by atoms with Crippen molar-refractivity contribution in [3.63, 3.8) is 0 Å². The van der Waals surface area contributed by atoms with Crippen LogP contribution in [0.3, 0.4) is 0 Å². The number of carbonyl (C=O) groups is 1. The van der Waals surface area contributed by atoms with Crippen LogP contribution in [0.1, 0.15) is 52.1 Å². The molecule has 1 N–H and O–H groups in total. The molecule has 1 amide bonds. The van der Waals surface area contributed by atoms with Gasteiger partial charge in [0.25, 0.3) is 5.91 Å². The van der Waals surface area contributed by atoms with Crippen molar-refractivity contribution in [1.29, 1.82) is 0 Å². The second-order valence-electron chi connectivity index (χ2n) is 7.77. The minimum Gasteiger partial charge on any atom is -0.492 e. The van der Waals surface area contributed by atoms with Crippen LogP contribution in [0.5, 0.6) is 5.75 Å². The lowest BCUT2D eigenvalue weighted by molar-refractivity contribution is 0.0392. The van der Waals surface area contributed by atoms with E-state index in [0.717, 1.165) is 67.5 Å². The Balaban J connectivity index is 1.46. The summed E-state index contributed by atoms with van der Waals surface area (Å²) in [4.78, 5) is 20.1. The molecule has 0 aliphatic carbocycles. The third-order valence-electron chi connectivity index (χ3n) is 5.39. The van der Waals surface area contributed by atoms with Crippen LogP contribution in [0.15, 0.2) is 24.3 Å². The van der Waals surface area contributed by atoms with Gasteiger partial charge in [0, 0.05) is 32.3 Å². The average Bonchev–Trinajstić information content (AvgIpc) is 3.13. The smallest absolute Gasteiger partial charge is 0.263 e. The van der Waals surface area contributed by atoms with Gasteiger partial charge in [-0.3, -0.25) is 9.69 Å². The van der Waals surface area contributed by atoms with E-state index >= 15 is 0 Å². The van der Waals surface area contributed by atoms with E-state index in [1.165, 1.54) is 11.3 Å². The second kappa shape index (κ2) is 11.4. The van der Waals surface area contributed by atoms with Crippen LogP contribution in [0.4, 0.5) is 0 Å². The number of nitrogens with one attached hydrogen (secondary N) is 1. The van der Waals surface area contributed by atoms with Crippen molar-refractivity contribution in [3.05, 3.63) is 45.4 Å². The zero-order valence-electron chi connectivity index (χ0n) is 18.3. The third-order valence-corrected chi connectivity index (χ3v) is 6.61. The van der Waals surface area contributed by atoms with E-state index in [0.29, 0.717) is 24.1 Å². The van der Waals surface area contributed by atoms with Gasteiger partial charge in [0.05, 0.1) is 10.7 Å². The molecule has 0 unspecified atom stereocenters. The predicted molar refractivity (Wildman–Crippen MR) is 120 cm³/mol. The number of hydrogen-bond donors (Lipinski definition) is 1. The Bertz CT molecular complexity index is 818. The van der Waals surface area contributed by atoms with E-state index < -0.39 is 0 Å². The highest BCUT2D eigenvalue weighted by atomic mass is 32.1. The quantitative estimate of drug-likeness (QED) is 0.620. The first-order chi connectivity index (χ1) is 14.6. The number of ether oxygens (including phenoxy) is 2. The summed E-state index contributed by atoms with van der Waals surface area (Å²) in [6.45, 7) is 7.72. The topological polar surface area (TPSA) is 63.7 Å². The van der Waals surface area contributed by atoms with Crippen molar-refractivity contribution in [3.8, 4) is 5.75 Å². The summed E-state index contributed by atoms with van der Waals surface area (Å²) < 4.78 is 11.4. The highest BCUT2D eigenvalue weighted by Crippen LogP contribution is 2.20. The Morgan fingerprint density at radius 3 is 2.93 bits per heavy atom. The van der Waals surface area contributed by atoms with E-state index in [4.69, 9.17) is 9.47 Å². The fraction of sp³-hybridized carbons (Fsp3) is 0.565. The minimum absolute atomic E-state index is 0.0586. The molecule has 0 atom stereocenters. The van der Waals surface area contributed by atoms with Crippen LogP contribution < -0.4 is 10.1 Å². The van der Waals surface area contributed by atoms with Crippen molar-refractivity contribution in [2.24, 2.45) is 0 Å². The molecule has 6 nitrogen and oxygen atoms in total. The Morgan fingerprint density at radius 1 is 1.37 bits per heavy atom. The SMILES string of the molecule is CCCc1nc(C)c(C(=O)NCc2cccc(OCCN(C)C3CCOCC3)c2)s1. The van der Waals surface area contributed by atoms with E-state index in [9.17, 15) is 4.79 Å². The predicted octanol–water partition coefficient (Wildman–Crippen LogP) is 3.82. The molecule has 1 aromatic carbocycles. The number of carbonyl (C=O) groups excluding carboxylic acids is 1. The second-order valence-corrected chi connectivity index (χ2v) is 8.86. The monoisotopic (exact) mass is 431 g/mol. The summed E-state index contributed by atoms with van der Waals surface area (Å²) in [5, 5.41) is 4.04. The molecule has 0 radical (unpaired) electrons. The number of hydrogen-bond acceptors (Lipinski definition) is 6. The molecule has 0 saturated carbocycles. The van der Waals surface area contributed by atoms with Crippen molar-refractivity contribution < 1.29 is 14.3 Å². The molecule has 1 fully saturated rings. The van der Waals surface area contributed by atoms with Gasteiger partial charge < -0.3 is 14.8 Å². The highest BCUT2D eigenvalue weighted by molar-refractivity contribution is 7.13. The molecule has 1 saturated heterocycles. The molecule has 2 aromatic rings. The summed E-state index contributed by atoms with van der Waals surface area (Å²) in [7, 11) is 2.15. The standard InChI is InChI=1S/C23H33N3O3S/c1-4-6-21-25-17(2)22(30-21)23(27)24-16-18-7-5-8-20(15-18)29-14-11-26(3)19-9-12-28-13-10-19/h5,7-8,15,19H,4,6,9-14,16H2,1-3H3,(H,24,27). The highest BCUT2D eigenvalue weighted by Gasteiger charge is 2.18. The van der Waals surface area contributed by atoms with E-state index in [1.807, 2.05) is 31.2 Å². The van der Waals surface area contributed by atoms with Gasteiger partial charge in [-0.2, -0.15) is 0 Å². The fourth-order valence-electron chi connectivity index (χ4n) is 3.61. The lowest BCUT2D eigenvalue weighted by Crippen LogP contribution is -2.38. The summed E-state index contributed by atoms with van der Waals surface area (Å²) in [5.74, 6) is 0.776. The van der Waals surface area contributed by atoms with Crippen molar-refractivity contribution in [2.45, 2.75) is 52.1 Å². The largest absolute Gasteiger partial charge is 0.492 e. The molecule has 1 aliphatic heterocycles. The summed E-state index contributed by atoms with van der Waals surface area (Å²) in [6.07, 6.45) is 4.13. The summed E-state index contributed by atoms with van der Waals surface area (Å²) in [6, 6.07) is 8.51. The third kappa shape index (κ3) is 6.52. The molecule has 164 valence electrons. The number of benzene rings is 1.